The lowest BCUT2D eigenvalue weighted by Gasteiger charge is -2.14. The SMILES string of the molecule is Cc1cccc(CNC(C)C(=O)Nc2ccccc2)c1. The Kier molecular flexibility index (Phi) is 4.91. The van der Waals surface area contributed by atoms with E-state index in [4.69, 9.17) is 0 Å². The van der Waals surface area contributed by atoms with Crippen LogP contribution in [0.15, 0.2) is 54.6 Å². The molecule has 1 unspecified atom stereocenters. The number of aryl methyl sites for hydroxylation is 1. The van der Waals surface area contributed by atoms with Crippen LogP contribution in [0.2, 0.25) is 0 Å². The van der Waals surface area contributed by atoms with Gasteiger partial charge in [-0.2, -0.15) is 0 Å². The minimum absolute atomic E-state index is 0.0242. The molecule has 104 valence electrons. The first-order chi connectivity index (χ1) is 9.65. The highest BCUT2D eigenvalue weighted by atomic mass is 16.2. The molecule has 0 saturated carbocycles. The Morgan fingerprint density at radius 3 is 2.55 bits per heavy atom. The van der Waals surface area contributed by atoms with Crippen molar-refractivity contribution in [3.05, 3.63) is 65.7 Å². The summed E-state index contributed by atoms with van der Waals surface area (Å²) in [5.74, 6) is -0.0242. The Bertz CT molecular complexity index is 566. The summed E-state index contributed by atoms with van der Waals surface area (Å²) in [6.45, 7) is 4.62. The molecule has 0 aromatic heterocycles. The van der Waals surface area contributed by atoms with Crippen LogP contribution < -0.4 is 10.6 Å². The molecular formula is C17H20N2O. The van der Waals surface area contributed by atoms with Gasteiger partial charge in [0.1, 0.15) is 0 Å². The quantitative estimate of drug-likeness (QED) is 0.875. The van der Waals surface area contributed by atoms with Crippen molar-refractivity contribution in [1.29, 1.82) is 0 Å². The van der Waals surface area contributed by atoms with E-state index in [1.165, 1.54) is 11.1 Å². The van der Waals surface area contributed by atoms with Crippen molar-refractivity contribution in [1.82, 2.24) is 5.32 Å². The van der Waals surface area contributed by atoms with Crippen molar-refractivity contribution in [2.45, 2.75) is 26.4 Å². The summed E-state index contributed by atoms with van der Waals surface area (Å²) in [6.07, 6.45) is 0. The van der Waals surface area contributed by atoms with Gasteiger partial charge in [-0.3, -0.25) is 4.79 Å². The van der Waals surface area contributed by atoms with Gasteiger partial charge in [0.2, 0.25) is 5.91 Å². The maximum atomic E-state index is 12.0. The van der Waals surface area contributed by atoms with Gasteiger partial charge >= 0.3 is 0 Å². The summed E-state index contributed by atoms with van der Waals surface area (Å²) < 4.78 is 0. The van der Waals surface area contributed by atoms with E-state index in [1.54, 1.807) is 0 Å². The molecule has 0 aliphatic rings. The minimum Gasteiger partial charge on any atom is -0.325 e. The molecule has 0 spiro atoms. The van der Waals surface area contributed by atoms with E-state index in [9.17, 15) is 4.79 Å². The average Bonchev–Trinajstić information content (AvgIpc) is 2.46. The fourth-order valence-corrected chi connectivity index (χ4v) is 1.96. The zero-order valence-electron chi connectivity index (χ0n) is 11.9. The fraction of sp³-hybridized carbons (Fsp3) is 0.235. The van der Waals surface area contributed by atoms with Gasteiger partial charge in [-0.1, -0.05) is 48.0 Å². The molecule has 0 fully saturated rings. The first-order valence-electron chi connectivity index (χ1n) is 6.80. The molecule has 0 bridgehead atoms. The molecular weight excluding hydrogens is 248 g/mol. The Balaban J connectivity index is 1.85. The number of carbonyl (C=O) groups is 1. The number of nitrogens with one attached hydrogen (secondary N) is 2. The number of hydrogen-bond acceptors (Lipinski definition) is 2. The molecule has 20 heavy (non-hydrogen) atoms. The summed E-state index contributed by atoms with van der Waals surface area (Å²) in [6, 6.07) is 17.5. The number of anilines is 1. The standard InChI is InChI=1S/C17H20N2O/c1-13-7-6-8-15(11-13)12-18-14(2)17(20)19-16-9-4-3-5-10-16/h3-11,14,18H,12H2,1-2H3,(H,19,20). The third-order valence-corrected chi connectivity index (χ3v) is 3.13. The lowest BCUT2D eigenvalue weighted by molar-refractivity contribution is -0.117. The van der Waals surface area contributed by atoms with E-state index in [-0.39, 0.29) is 11.9 Å². The molecule has 2 aromatic carbocycles. The van der Waals surface area contributed by atoms with E-state index in [1.807, 2.05) is 43.3 Å². The Morgan fingerprint density at radius 1 is 1.10 bits per heavy atom. The van der Waals surface area contributed by atoms with Crippen LogP contribution in [0.3, 0.4) is 0 Å². The lowest BCUT2D eigenvalue weighted by atomic mass is 10.1. The smallest absolute Gasteiger partial charge is 0.241 e. The highest BCUT2D eigenvalue weighted by molar-refractivity contribution is 5.94. The molecule has 0 aliphatic carbocycles. The number of para-hydroxylation sites is 1. The molecule has 0 heterocycles. The van der Waals surface area contributed by atoms with Gasteiger partial charge in [-0.25, -0.2) is 0 Å². The second-order valence-corrected chi connectivity index (χ2v) is 4.95. The molecule has 3 heteroatoms. The van der Waals surface area contributed by atoms with Crippen LogP contribution in [-0.4, -0.2) is 11.9 Å². The molecule has 1 amide bonds. The number of benzene rings is 2. The van der Waals surface area contributed by atoms with E-state index < -0.39 is 0 Å². The first kappa shape index (κ1) is 14.3. The summed E-state index contributed by atoms with van der Waals surface area (Å²) in [4.78, 5) is 12.0. The van der Waals surface area contributed by atoms with Crippen molar-refractivity contribution in [3.63, 3.8) is 0 Å². The molecule has 2 rings (SSSR count). The molecule has 0 saturated heterocycles. The number of rotatable bonds is 5. The van der Waals surface area contributed by atoms with Gasteiger partial charge < -0.3 is 10.6 Å². The Labute approximate surface area is 120 Å². The Hall–Kier alpha value is -2.13. The van der Waals surface area contributed by atoms with Crippen molar-refractivity contribution < 1.29 is 4.79 Å². The van der Waals surface area contributed by atoms with Gasteiger partial charge in [0.05, 0.1) is 6.04 Å². The topological polar surface area (TPSA) is 41.1 Å². The van der Waals surface area contributed by atoms with Crippen molar-refractivity contribution in [2.24, 2.45) is 0 Å². The Morgan fingerprint density at radius 2 is 1.85 bits per heavy atom. The number of hydrogen-bond donors (Lipinski definition) is 2. The summed E-state index contributed by atoms with van der Waals surface area (Å²) in [5.41, 5.74) is 3.23. The highest BCUT2D eigenvalue weighted by Crippen LogP contribution is 2.06. The van der Waals surface area contributed by atoms with Crippen LogP contribution in [0, 0.1) is 6.92 Å². The van der Waals surface area contributed by atoms with Crippen LogP contribution in [0.25, 0.3) is 0 Å². The lowest BCUT2D eigenvalue weighted by Crippen LogP contribution is -2.37. The van der Waals surface area contributed by atoms with E-state index in [2.05, 4.69) is 35.8 Å². The maximum Gasteiger partial charge on any atom is 0.241 e. The summed E-state index contributed by atoms with van der Waals surface area (Å²) in [5, 5.41) is 6.12. The monoisotopic (exact) mass is 268 g/mol. The predicted octanol–water partition coefficient (Wildman–Crippen LogP) is 3.11. The molecule has 2 aromatic rings. The van der Waals surface area contributed by atoms with Gasteiger partial charge in [0, 0.05) is 12.2 Å². The van der Waals surface area contributed by atoms with Crippen molar-refractivity contribution >= 4 is 11.6 Å². The molecule has 2 N–H and O–H groups in total. The number of carbonyl (C=O) groups excluding carboxylic acids is 1. The predicted molar refractivity (Wildman–Crippen MR) is 82.6 cm³/mol. The second kappa shape index (κ2) is 6.87. The van der Waals surface area contributed by atoms with E-state index in [0.717, 1.165) is 5.69 Å². The zero-order chi connectivity index (χ0) is 14.4. The minimum atomic E-state index is -0.240. The van der Waals surface area contributed by atoms with Crippen LogP contribution >= 0.6 is 0 Å². The van der Waals surface area contributed by atoms with Gasteiger partial charge in [-0.15, -0.1) is 0 Å². The first-order valence-corrected chi connectivity index (χ1v) is 6.80. The summed E-state index contributed by atoms with van der Waals surface area (Å²) in [7, 11) is 0. The maximum absolute atomic E-state index is 12.0. The van der Waals surface area contributed by atoms with Gasteiger partial charge in [-0.05, 0) is 31.5 Å². The summed E-state index contributed by atoms with van der Waals surface area (Å²) >= 11 is 0. The average molecular weight is 268 g/mol. The molecule has 1 atom stereocenters. The third kappa shape index (κ3) is 4.21. The third-order valence-electron chi connectivity index (χ3n) is 3.13. The largest absolute Gasteiger partial charge is 0.325 e. The van der Waals surface area contributed by atoms with Crippen LogP contribution in [0.1, 0.15) is 18.1 Å². The molecule has 0 radical (unpaired) electrons. The van der Waals surface area contributed by atoms with Crippen LogP contribution in [0.4, 0.5) is 5.69 Å². The van der Waals surface area contributed by atoms with E-state index in [0.29, 0.717) is 6.54 Å². The van der Waals surface area contributed by atoms with Crippen molar-refractivity contribution in [3.8, 4) is 0 Å². The van der Waals surface area contributed by atoms with Crippen LogP contribution in [-0.2, 0) is 11.3 Å². The highest BCUT2D eigenvalue weighted by Gasteiger charge is 2.11. The number of amides is 1. The van der Waals surface area contributed by atoms with E-state index >= 15 is 0 Å². The zero-order valence-corrected chi connectivity index (χ0v) is 11.9. The molecule has 0 aliphatic heterocycles. The fourth-order valence-electron chi connectivity index (χ4n) is 1.96. The van der Waals surface area contributed by atoms with Gasteiger partial charge in [0.15, 0.2) is 0 Å². The van der Waals surface area contributed by atoms with Crippen LogP contribution in [0.5, 0.6) is 0 Å². The molecule has 3 nitrogen and oxygen atoms in total. The second-order valence-electron chi connectivity index (χ2n) is 4.95. The normalized spacial score (nSPS) is 11.9. The van der Waals surface area contributed by atoms with Gasteiger partial charge in [0.25, 0.3) is 0 Å². The van der Waals surface area contributed by atoms with Crippen molar-refractivity contribution in [2.75, 3.05) is 5.32 Å².